The number of amides is 1. The predicted octanol–water partition coefficient (Wildman–Crippen LogP) is 0.315. The van der Waals surface area contributed by atoms with Crippen LogP contribution < -0.4 is 5.32 Å². The fourth-order valence-electron chi connectivity index (χ4n) is 1.94. The van der Waals surface area contributed by atoms with Crippen molar-refractivity contribution in [2.75, 3.05) is 13.2 Å². The minimum Gasteiger partial charge on any atom is -0.373 e. The average molecular weight is 199 g/mol. The van der Waals surface area contributed by atoms with Crippen molar-refractivity contribution in [1.82, 2.24) is 5.32 Å². The van der Waals surface area contributed by atoms with Crippen molar-refractivity contribution in [3.05, 3.63) is 0 Å². The van der Waals surface area contributed by atoms with E-state index in [1.165, 1.54) is 0 Å². The van der Waals surface area contributed by atoms with Gasteiger partial charge in [-0.05, 0) is 6.42 Å². The summed E-state index contributed by atoms with van der Waals surface area (Å²) in [6.07, 6.45) is 1.24. The Morgan fingerprint density at radius 1 is 1.43 bits per heavy atom. The summed E-state index contributed by atoms with van der Waals surface area (Å²) in [4.78, 5) is 11.5. The Morgan fingerprint density at radius 2 is 2.21 bits per heavy atom. The van der Waals surface area contributed by atoms with Crippen LogP contribution in [0.15, 0.2) is 0 Å². The lowest BCUT2D eigenvalue weighted by molar-refractivity contribution is -0.125. The molecule has 4 heteroatoms. The van der Waals surface area contributed by atoms with E-state index >= 15 is 0 Å². The Balaban J connectivity index is 1.90. The molecule has 0 spiro atoms. The zero-order valence-electron chi connectivity index (χ0n) is 8.66. The van der Waals surface area contributed by atoms with E-state index in [4.69, 9.17) is 9.47 Å². The van der Waals surface area contributed by atoms with E-state index in [2.05, 4.69) is 5.32 Å². The second kappa shape index (κ2) is 3.87. The SMILES string of the molecule is CC(C)C(=O)NC1COC2CCOC12. The van der Waals surface area contributed by atoms with Crippen LogP contribution in [0.4, 0.5) is 0 Å². The zero-order chi connectivity index (χ0) is 10.1. The average Bonchev–Trinajstić information content (AvgIpc) is 2.69. The quantitative estimate of drug-likeness (QED) is 0.696. The highest BCUT2D eigenvalue weighted by atomic mass is 16.6. The molecule has 0 radical (unpaired) electrons. The van der Waals surface area contributed by atoms with Gasteiger partial charge in [-0.15, -0.1) is 0 Å². The monoisotopic (exact) mass is 199 g/mol. The van der Waals surface area contributed by atoms with E-state index < -0.39 is 0 Å². The lowest BCUT2D eigenvalue weighted by Crippen LogP contribution is -2.45. The van der Waals surface area contributed by atoms with Crippen LogP contribution in [0, 0.1) is 5.92 Å². The molecule has 3 unspecified atom stereocenters. The van der Waals surface area contributed by atoms with Crippen LogP contribution in [-0.2, 0) is 14.3 Å². The number of carbonyl (C=O) groups excluding carboxylic acids is 1. The molecule has 1 amide bonds. The molecule has 3 atom stereocenters. The molecule has 2 heterocycles. The van der Waals surface area contributed by atoms with Gasteiger partial charge in [-0.2, -0.15) is 0 Å². The van der Waals surface area contributed by atoms with Gasteiger partial charge in [0.15, 0.2) is 0 Å². The summed E-state index contributed by atoms with van der Waals surface area (Å²) in [7, 11) is 0. The summed E-state index contributed by atoms with van der Waals surface area (Å²) in [6, 6.07) is 0.0531. The van der Waals surface area contributed by atoms with Gasteiger partial charge >= 0.3 is 0 Å². The number of fused-ring (bicyclic) bond motifs is 1. The molecular weight excluding hydrogens is 182 g/mol. The van der Waals surface area contributed by atoms with E-state index in [0.717, 1.165) is 13.0 Å². The fraction of sp³-hybridized carbons (Fsp3) is 0.900. The number of rotatable bonds is 2. The molecule has 0 saturated carbocycles. The molecule has 0 aromatic carbocycles. The van der Waals surface area contributed by atoms with Crippen molar-refractivity contribution < 1.29 is 14.3 Å². The summed E-state index contributed by atoms with van der Waals surface area (Å²) >= 11 is 0. The molecule has 2 fully saturated rings. The van der Waals surface area contributed by atoms with Crippen LogP contribution in [0.3, 0.4) is 0 Å². The number of carbonyl (C=O) groups is 1. The van der Waals surface area contributed by atoms with Crippen LogP contribution in [-0.4, -0.2) is 37.4 Å². The number of ether oxygens (including phenoxy) is 2. The van der Waals surface area contributed by atoms with Crippen LogP contribution in [0.5, 0.6) is 0 Å². The Labute approximate surface area is 84.0 Å². The smallest absolute Gasteiger partial charge is 0.222 e. The maximum absolute atomic E-state index is 11.5. The molecule has 1 N–H and O–H groups in total. The zero-order valence-corrected chi connectivity index (χ0v) is 8.66. The first kappa shape index (κ1) is 9.93. The maximum atomic E-state index is 11.5. The standard InChI is InChI=1S/C10H17NO3/c1-6(2)10(12)11-7-5-14-8-3-4-13-9(7)8/h6-9H,3-5H2,1-2H3,(H,11,12). The van der Waals surface area contributed by atoms with Gasteiger partial charge in [0.1, 0.15) is 6.10 Å². The minimum absolute atomic E-state index is 0.0236. The van der Waals surface area contributed by atoms with E-state index in [1.54, 1.807) is 0 Å². The summed E-state index contributed by atoms with van der Waals surface area (Å²) in [5, 5.41) is 2.96. The summed E-state index contributed by atoms with van der Waals surface area (Å²) in [5.41, 5.74) is 0. The minimum atomic E-state index is 0.0236. The van der Waals surface area contributed by atoms with E-state index in [9.17, 15) is 4.79 Å². The molecule has 80 valence electrons. The van der Waals surface area contributed by atoms with Crippen molar-refractivity contribution in [1.29, 1.82) is 0 Å². The van der Waals surface area contributed by atoms with Crippen LogP contribution in [0.25, 0.3) is 0 Å². The van der Waals surface area contributed by atoms with Gasteiger partial charge in [-0.25, -0.2) is 0 Å². The highest BCUT2D eigenvalue weighted by Crippen LogP contribution is 2.26. The first-order valence-corrected chi connectivity index (χ1v) is 5.22. The molecule has 4 nitrogen and oxygen atoms in total. The Kier molecular flexibility index (Phi) is 2.74. The molecule has 0 aliphatic carbocycles. The van der Waals surface area contributed by atoms with Gasteiger partial charge in [0.05, 0.1) is 18.8 Å². The molecule has 2 aliphatic rings. The number of hydrogen-bond acceptors (Lipinski definition) is 3. The van der Waals surface area contributed by atoms with Crippen molar-refractivity contribution >= 4 is 5.91 Å². The lowest BCUT2D eigenvalue weighted by Gasteiger charge is -2.18. The summed E-state index contributed by atoms with van der Waals surface area (Å²) < 4.78 is 11.1. The van der Waals surface area contributed by atoms with E-state index in [1.807, 2.05) is 13.8 Å². The third-order valence-electron chi connectivity index (χ3n) is 2.82. The third-order valence-corrected chi connectivity index (χ3v) is 2.82. The fourth-order valence-corrected chi connectivity index (χ4v) is 1.94. The van der Waals surface area contributed by atoms with Crippen molar-refractivity contribution in [3.8, 4) is 0 Å². The van der Waals surface area contributed by atoms with Gasteiger partial charge in [0, 0.05) is 12.5 Å². The number of hydrogen-bond donors (Lipinski definition) is 1. The molecule has 14 heavy (non-hydrogen) atoms. The normalized spacial score (nSPS) is 36.1. The number of nitrogens with one attached hydrogen (secondary N) is 1. The third kappa shape index (κ3) is 1.77. The van der Waals surface area contributed by atoms with E-state index in [0.29, 0.717) is 6.61 Å². The first-order chi connectivity index (χ1) is 6.68. The molecule has 2 saturated heterocycles. The molecule has 0 aromatic heterocycles. The van der Waals surface area contributed by atoms with Crippen molar-refractivity contribution in [3.63, 3.8) is 0 Å². The highest BCUT2D eigenvalue weighted by molar-refractivity contribution is 5.78. The molecular formula is C10H17NO3. The molecule has 2 rings (SSSR count). The van der Waals surface area contributed by atoms with Crippen molar-refractivity contribution in [2.24, 2.45) is 5.92 Å². The van der Waals surface area contributed by atoms with Crippen LogP contribution in [0.2, 0.25) is 0 Å². The van der Waals surface area contributed by atoms with E-state index in [-0.39, 0.29) is 30.1 Å². The second-order valence-electron chi connectivity index (χ2n) is 4.27. The Hall–Kier alpha value is -0.610. The summed E-state index contributed by atoms with van der Waals surface area (Å²) in [6.45, 7) is 5.12. The maximum Gasteiger partial charge on any atom is 0.222 e. The van der Waals surface area contributed by atoms with Crippen LogP contribution in [0.1, 0.15) is 20.3 Å². The molecule has 0 bridgehead atoms. The summed E-state index contributed by atoms with van der Waals surface area (Å²) in [5.74, 6) is 0.102. The van der Waals surface area contributed by atoms with Crippen LogP contribution >= 0.6 is 0 Å². The van der Waals surface area contributed by atoms with Gasteiger partial charge < -0.3 is 14.8 Å². The van der Waals surface area contributed by atoms with Gasteiger partial charge in [0.25, 0.3) is 0 Å². The lowest BCUT2D eigenvalue weighted by atomic mass is 10.1. The molecule has 0 aromatic rings. The van der Waals surface area contributed by atoms with Gasteiger partial charge in [-0.1, -0.05) is 13.8 Å². The van der Waals surface area contributed by atoms with Gasteiger partial charge in [-0.3, -0.25) is 4.79 Å². The molecule has 2 aliphatic heterocycles. The first-order valence-electron chi connectivity index (χ1n) is 5.22. The Morgan fingerprint density at radius 3 is 2.93 bits per heavy atom. The Bertz CT molecular complexity index is 229. The predicted molar refractivity (Wildman–Crippen MR) is 50.9 cm³/mol. The van der Waals surface area contributed by atoms with Gasteiger partial charge in [0.2, 0.25) is 5.91 Å². The second-order valence-corrected chi connectivity index (χ2v) is 4.27. The van der Waals surface area contributed by atoms with Crippen molar-refractivity contribution in [2.45, 2.75) is 38.5 Å². The topological polar surface area (TPSA) is 47.6 Å². The largest absolute Gasteiger partial charge is 0.373 e. The highest BCUT2D eigenvalue weighted by Gasteiger charge is 2.42.